The van der Waals surface area contributed by atoms with Gasteiger partial charge in [0.15, 0.2) is 0 Å². The lowest BCUT2D eigenvalue weighted by molar-refractivity contribution is -0.153. The molecule has 3 aromatic rings. The Labute approximate surface area is 368 Å². The first-order chi connectivity index (χ1) is 30.4. The van der Waals surface area contributed by atoms with Gasteiger partial charge in [0.1, 0.15) is 48.4 Å². The molecule has 0 amide bonds. The van der Waals surface area contributed by atoms with E-state index in [-0.39, 0.29) is 19.0 Å². The Hall–Kier alpha value is -6.96. The van der Waals surface area contributed by atoms with Crippen molar-refractivity contribution in [2.45, 2.75) is 83.3 Å². The minimum Gasteiger partial charge on any atom is -0.494 e. The van der Waals surface area contributed by atoms with Crippen molar-refractivity contribution in [2.24, 2.45) is 0 Å². The van der Waals surface area contributed by atoms with E-state index in [0.717, 1.165) is 75.7 Å². The molecule has 0 N–H and O–H groups in total. The van der Waals surface area contributed by atoms with Gasteiger partial charge in [-0.3, -0.25) is 0 Å². The summed E-state index contributed by atoms with van der Waals surface area (Å²) in [5, 5.41) is 0. The van der Waals surface area contributed by atoms with Gasteiger partial charge in [-0.1, -0.05) is 52.0 Å². The lowest BCUT2D eigenvalue weighted by Crippen LogP contribution is -2.24. The second kappa shape index (κ2) is 28.5. The van der Waals surface area contributed by atoms with Crippen LogP contribution in [0.1, 0.15) is 90.5 Å². The van der Waals surface area contributed by atoms with Crippen molar-refractivity contribution in [3.63, 3.8) is 0 Å². The summed E-state index contributed by atoms with van der Waals surface area (Å²) in [6.45, 7) is 16.1. The SMILES string of the molecule is C=CC(=O)OCC(CCCCCCOc1ccc(C(=O)Oc2ccc(OC(=O)c3ccc(OCCCCCCC(COC(=O)C=C)OC(=O)C=C)cc3)c(C)c2)cc1)OC(=O)C=C. The van der Waals surface area contributed by atoms with Gasteiger partial charge in [-0.25, -0.2) is 28.8 Å². The molecular weight excluding hydrogens is 813 g/mol. The Morgan fingerprint density at radius 1 is 0.492 bits per heavy atom. The average molecular weight is 869 g/mol. The largest absolute Gasteiger partial charge is 0.494 e. The molecular formula is C49H56O14. The summed E-state index contributed by atoms with van der Waals surface area (Å²) in [6, 6.07) is 17.9. The molecule has 3 aromatic carbocycles. The number of benzene rings is 3. The van der Waals surface area contributed by atoms with Crippen LogP contribution in [-0.4, -0.2) is 74.5 Å². The molecule has 2 unspecified atom stereocenters. The molecule has 14 nitrogen and oxygen atoms in total. The number of rotatable bonds is 30. The third-order valence-electron chi connectivity index (χ3n) is 9.17. The summed E-state index contributed by atoms with van der Waals surface area (Å²) in [6.07, 6.45) is 10.7. The number of carbonyl (C=O) groups is 6. The average Bonchev–Trinajstić information content (AvgIpc) is 3.29. The predicted molar refractivity (Wildman–Crippen MR) is 234 cm³/mol. The molecule has 0 aliphatic heterocycles. The van der Waals surface area contributed by atoms with Crippen LogP contribution >= 0.6 is 0 Å². The summed E-state index contributed by atoms with van der Waals surface area (Å²) in [5.41, 5.74) is 1.25. The van der Waals surface area contributed by atoms with Gasteiger partial charge in [0.05, 0.1) is 24.3 Å². The molecule has 0 bridgehead atoms. The molecule has 0 aromatic heterocycles. The first-order valence-electron chi connectivity index (χ1n) is 20.7. The van der Waals surface area contributed by atoms with Crippen molar-refractivity contribution in [2.75, 3.05) is 26.4 Å². The summed E-state index contributed by atoms with van der Waals surface area (Å²) >= 11 is 0. The Kier molecular flexibility index (Phi) is 22.8. The molecule has 0 aliphatic carbocycles. The van der Waals surface area contributed by atoms with Crippen molar-refractivity contribution >= 4 is 35.8 Å². The zero-order valence-electron chi connectivity index (χ0n) is 35.8. The fourth-order valence-corrected chi connectivity index (χ4v) is 5.78. The van der Waals surface area contributed by atoms with Crippen molar-refractivity contribution < 1.29 is 66.7 Å². The molecule has 14 heteroatoms. The highest BCUT2D eigenvalue weighted by Gasteiger charge is 2.17. The van der Waals surface area contributed by atoms with Gasteiger partial charge in [-0.05, 0) is 118 Å². The smallest absolute Gasteiger partial charge is 0.343 e. The minimum atomic E-state index is -0.585. The highest BCUT2D eigenvalue weighted by Crippen LogP contribution is 2.26. The zero-order chi connectivity index (χ0) is 45.8. The number of esters is 6. The highest BCUT2D eigenvalue weighted by atomic mass is 16.6. The lowest BCUT2D eigenvalue weighted by Gasteiger charge is -2.16. The third-order valence-corrected chi connectivity index (χ3v) is 9.17. The number of aryl methyl sites for hydroxylation is 1. The molecule has 3 rings (SSSR count). The van der Waals surface area contributed by atoms with Crippen LogP contribution in [-0.2, 0) is 38.1 Å². The Bertz CT molecular complexity index is 2000. The molecule has 0 fully saturated rings. The summed E-state index contributed by atoms with van der Waals surface area (Å²) in [4.78, 5) is 71.7. The van der Waals surface area contributed by atoms with E-state index >= 15 is 0 Å². The molecule has 2 atom stereocenters. The summed E-state index contributed by atoms with van der Waals surface area (Å²) in [7, 11) is 0. The normalized spacial score (nSPS) is 11.4. The maximum Gasteiger partial charge on any atom is 0.343 e. The van der Waals surface area contributed by atoms with E-state index < -0.39 is 48.0 Å². The topological polar surface area (TPSA) is 176 Å². The van der Waals surface area contributed by atoms with Gasteiger partial charge in [0.25, 0.3) is 0 Å². The number of unbranched alkanes of at least 4 members (excludes halogenated alkanes) is 6. The number of hydrogen-bond donors (Lipinski definition) is 0. The van der Waals surface area contributed by atoms with Crippen LogP contribution in [0.5, 0.6) is 23.0 Å². The van der Waals surface area contributed by atoms with Gasteiger partial charge < -0.3 is 37.9 Å². The molecule has 0 aliphatic rings. The van der Waals surface area contributed by atoms with Crippen molar-refractivity contribution in [3.8, 4) is 23.0 Å². The zero-order valence-corrected chi connectivity index (χ0v) is 35.8. The van der Waals surface area contributed by atoms with Crippen LogP contribution in [0.2, 0.25) is 0 Å². The fourth-order valence-electron chi connectivity index (χ4n) is 5.78. The molecule has 0 saturated heterocycles. The van der Waals surface area contributed by atoms with Crippen LogP contribution < -0.4 is 18.9 Å². The standard InChI is InChI=1S/C49H56O14/c1-6-44(50)58-33-41(60-46(52)8-3)18-14-10-12-16-30-56-38-24-20-36(21-25-38)48(54)62-40-28-29-43(35(5)32-40)63-49(55)37-22-26-39(27-23-37)57-31-17-13-11-15-19-42(61-47(53)9-4)34-59-45(51)7-2/h6-9,20-29,32,41-42H,1-4,10-19,30-31,33-34H2,5H3. The van der Waals surface area contributed by atoms with Crippen molar-refractivity contribution in [1.29, 1.82) is 0 Å². The monoisotopic (exact) mass is 868 g/mol. The molecule has 63 heavy (non-hydrogen) atoms. The second-order valence-electron chi connectivity index (χ2n) is 14.1. The molecule has 0 heterocycles. The van der Waals surface area contributed by atoms with Crippen molar-refractivity contribution in [3.05, 3.63) is 134 Å². The van der Waals surface area contributed by atoms with Crippen molar-refractivity contribution in [1.82, 2.24) is 0 Å². The fraction of sp³-hybridized carbons (Fsp3) is 0.347. The van der Waals surface area contributed by atoms with E-state index in [1.807, 2.05) is 0 Å². The Morgan fingerprint density at radius 3 is 1.30 bits per heavy atom. The second-order valence-corrected chi connectivity index (χ2v) is 14.1. The maximum absolute atomic E-state index is 12.9. The predicted octanol–water partition coefficient (Wildman–Crippen LogP) is 8.75. The minimum absolute atomic E-state index is 0.0495. The van der Waals surface area contributed by atoms with Gasteiger partial charge in [0, 0.05) is 24.3 Å². The van der Waals surface area contributed by atoms with E-state index in [2.05, 4.69) is 26.3 Å². The Balaban J connectivity index is 1.34. The number of carbonyl (C=O) groups excluding carboxylic acids is 6. The molecule has 336 valence electrons. The lowest BCUT2D eigenvalue weighted by atomic mass is 10.1. The van der Waals surface area contributed by atoms with E-state index in [1.165, 1.54) is 0 Å². The van der Waals surface area contributed by atoms with Crippen LogP contribution in [0.25, 0.3) is 0 Å². The number of ether oxygens (including phenoxy) is 8. The van der Waals surface area contributed by atoms with Crippen LogP contribution in [0.15, 0.2) is 117 Å². The first kappa shape index (κ1) is 50.4. The molecule has 0 saturated carbocycles. The highest BCUT2D eigenvalue weighted by molar-refractivity contribution is 5.92. The van der Waals surface area contributed by atoms with Crippen LogP contribution in [0.4, 0.5) is 0 Å². The number of hydrogen-bond acceptors (Lipinski definition) is 14. The van der Waals surface area contributed by atoms with Gasteiger partial charge >= 0.3 is 35.8 Å². The van der Waals surface area contributed by atoms with Gasteiger partial charge in [0.2, 0.25) is 0 Å². The molecule has 0 spiro atoms. The van der Waals surface area contributed by atoms with Crippen LogP contribution in [0.3, 0.4) is 0 Å². The Morgan fingerprint density at radius 2 is 0.889 bits per heavy atom. The maximum atomic E-state index is 12.9. The summed E-state index contributed by atoms with van der Waals surface area (Å²) < 4.78 is 43.4. The van der Waals surface area contributed by atoms with E-state index in [1.54, 1.807) is 73.7 Å². The quantitative estimate of drug-likeness (QED) is 0.0204. The first-order valence-corrected chi connectivity index (χ1v) is 20.7. The van der Waals surface area contributed by atoms with Gasteiger partial charge in [-0.15, -0.1) is 0 Å². The molecule has 0 radical (unpaired) electrons. The van der Waals surface area contributed by atoms with E-state index in [0.29, 0.717) is 60.0 Å². The third kappa shape index (κ3) is 20.0. The van der Waals surface area contributed by atoms with E-state index in [4.69, 9.17) is 37.9 Å². The van der Waals surface area contributed by atoms with E-state index in [9.17, 15) is 28.8 Å². The van der Waals surface area contributed by atoms with Crippen LogP contribution in [0, 0.1) is 6.92 Å². The summed E-state index contributed by atoms with van der Waals surface area (Å²) in [5.74, 6) is -1.65. The van der Waals surface area contributed by atoms with Gasteiger partial charge in [-0.2, -0.15) is 0 Å².